The van der Waals surface area contributed by atoms with Crippen LogP contribution in [0.4, 0.5) is 0 Å². The molecule has 6 heteroatoms. The Morgan fingerprint density at radius 2 is 2.00 bits per heavy atom. The second-order valence-corrected chi connectivity index (χ2v) is 7.14. The van der Waals surface area contributed by atoms with E-state index in [0.717, 1.165) is 12.8 Å². The van der Waals surface area contributed by atoms with E-state index in [2.05, 4.69) is 0 Å². The van der Waals surface area contributed by atoms with Gasteiger partial charge in [0.15, 0.2) is 0 Å². The first kappa shape index (κ1) is 14.6. The van der Waals surface area contributed by atoms with Gasteiger partial charge in [-0.05, 0) is 30.9 Å². The summed E-state index contributed by atoms with van der Waals surface area (Å²) < 4.78 is 31.1. The van der Waals surface area contributed by atoms with Crippen molar-refractivity contribution in [1.82, 2.24) is 4.31 Å². The SMILES string of the molecule is CN(CC1CCCCC1)S(=O)(=O)c1ccc(CO)o1. The van der Waals surface area contributed by atoms with Gasteiger partial charge in [0.2, 0.25) is 5.09 Å². The van der Waals surface area contributed by atoms with Crippen LogP contribution in [0, 0.1) is 5.92 Å². The normalized spacial score (nSPS) is 18.1. The largest absolute Gasteiger partial charge is 0.446 e. The smallest absolute Gasteiger partial charge is 0.276 e. The molecule has 1 aromatic heterocycles. The van der Waals surface area contributed by atoms with Crippen LogP contribution in [0.3, 0.4) is 0 Å². The summed E-state index contributed by atoms with van der Waals surface area (Å²) in [5, 5.41) is 8.83. The molecule has 19 heavy (non-hydrogen) atoms. The molecule has 2 rings (SSSR count). The highest BCUT2D eigenvalue weighted by Gasteiger charge is 2.27. The summed E-state index contributed by atoms with van der Waals surface area (Å²) in [6, 6.07) is 2.89. The molecular formula is C13H21NO4S. The molecule has 1 aromatic rings. The van der Waals surface area contributed by atoms with E-state index in [0.29, 0.717) is 12.5 Å². The van der Waals surface area contributed by atoms with Gasteiger partial charge >= 0.3 is 0 Å². The number of aliphatic hydroxyl groups is 1. The van der Waals surface area contributed by atoms with Crippen molar-refractivity contribution in [2.75, 3.05) is 13.6 Å². The fourth-order valence-corrected chi connectivity index (χ4v) is 3.73. The molecule has 0 aromatic carbocycles. The molecule has 1 fully saturated rings. The summed E-state index contributed by atoms with van der Waals surface area (Å²) in [6.07, 6.45) is 5.83. The van der Waals surface area contributed by atoms with E-state index in [4.69, 9.17) is 9.52 Å². The summed E-state index contributed by atoms with van der Waals surface area (Å²) in [5.74, 6) is 0.713. The standard InChI is InChI=1S/C13H21NO4S/c1-14(9-11-5-3-2-4-6-11)19(16,17)13-8-7-12(10-15)18-13/h7-8,11,15H,2-6,9-10H2,1H3. The highest BCUT2D eigenvalue weighted by atomic mass is 32.2. The van der Waals surface area contributed by atoms with Gasteiger partial charge in [0.1, 0.15) is 12.4 Å². The van der Waals surface area contributed by atoms with E-state index >= 15 is 0 Å². The molecule has 0 atom stereocenters. The minimum absolute atomic E-state index is 0.0881. The summed E-state index contributed by atoms with van der Waals surface area (Å²) in [4.78, 5) is 0. The maximum Gasteiger partial charge on any atom is 0.276 e. The van der Waals surface area contributed by atoms with Crippen molar-refractivity contribution in [2.24, 2.45) is 5.92 Å². The number of sulfonamides is 1. The monoisotopic (exact) mass is 287 g/mol. The van der Waals surface area contributed by atoms with Crippen LogP contribution in [-0.4, -0.2) is 31.4 Å². The average Bonchev–Trinajstić information content (AvgIpc) is 2.89. The molecule has 0 amide bonds. The summed E-state index contributed by atoms with van der Waals surface area (Å²) >= 11 is 0. The van der Waals surface area contributed by atoms with Crippen LogP contribution in [0.1, 0.15) is 37.9 Å². The Balaban J connectivity index is 2.05. The molecule has 5 nitrogen and oxygen atoms in total. The molecule has 0 saturated heterocycles. The van der Waals surface area contributed by atoms with Gasteiger partial charge in [0, 0.05) is 13.6 Å². The molecule has 1 aliphatic rings. The summed E-state index contributed by atoms with van der Waals surface area (Å²) in [7, 11) is -1.98. The average molecular weight is 287 g/mol. The molecule has 1 heterocycles. The van der Waals surface area contributed by atoms with Crippen molar-refractivity contribution in [3.63, 3.8) is 0 Å². The van der Waals surface area contributed by atoms with E-state index in [1.165, 1.54) is 35.7 Å². The third-order valence-electron chi connectivity index (χ3n) is 3.70. The Morgan fingerprint density at radius 3 is 2.58 bits per heavy atom. The van der Waals surface area contributed by atoms with E-state index in [9.17, 15) is 8.42 Å². The van der Waals surface area contributed by atoms with Crippen molar-refractivity contribution < 1.29 is 17.9 Å². The summed E-state index contributed by atoms with van der Waals surface area (Å²) in [5.41, 5.74) is 0. The number of furan rings is 1. The van der Waals surface area contributed by atoms with E-state index in [1.54, 1.807) is 7.05 Å². The first-order valence-corrected chi connectivity index (χ1v) is 8.14. The molecule has 1 saturated carbocycles. The van der Waals surface area contributed by atoms with Crippen LogP contribution in [0.5, 0.6) is 0 Å². The van der Waals surface area contributed by atoms with Crippen LogP contribution in [0.2, 0.25) is 0 Å². The van der Waals surface area contributed by atoms with E-state index in [-0.39, 0.29) is 17.5 Å². The third-order valence-corrected chi connectivity index (χ3v) is 5.40. The van der Waals surface area contributed by atoms with Crippen LogP contribution in [-0.2, 0) is 16.6 Å². The molecule has 0 spiro atoms. The highest BCUT2D eigenvalue weighted by molar-refractivity contribution is 7.89. The van der Waals surface area contributed by atoms with Gasteiger partial charge in [0.25, 0.3) is 10.0 Å². The predicted molar refractivity (Wildman–Crippen MR) is 71.0 cm³/mol. The predicted octanol–water partition coefficient (Wildman–Crippen LogP) is 1.97. The van der Waals surface area contributed by atoms with Crippen LogP contribution in [0.15, 0.2) is 21.6 Å². The topological polar surface area (TPSA) is 70.8 Å². The minimum Gasteiger partial charge on any atom is -0.446 e. The number of aliphatic hydroxyl groups excluding tert-OH is 1. The quantitative estimate of drug-likeness (QED) is 0.899. The fourth-order valence-electron chi connectivity index (χ4n) is 2.57. The minimum atomic E-state index is -3.57. The molecule has 0 radical (unpaired) electrons. The molecule has 0 aliphatic heterocycles. The second-order valence-electron chi connectivity index (χ2n) is 5.17. The van der Waals surface area contributed by atoms with Gasteiger partial charge in [-0.1, -0.05) is 19.3 Å². The molecule has 1 aliphatic carbocycles. The zero-order valence-corrected chi connectivity index (χ0v) is 12.0. The molecule has 108 valence electrons. The maximum atomic E-state index is 12.3. The lowest BCUT2D eigenvalue weighted by Crippen LogP contribution is -2.32. The fraction of sp³-hybridized carbons (Fsp3) is 0.692. The Morgan fingerprint density at radius 1 is 1.32 bits per heavy atom. The molecule has 0 bridgehead atoms. The Hall–Kier alpha value is -0.850. The Kier molecular flexibility index (Phi) is 4.65. The van der Waals surface area contributed by atoms with Gasteiger partial charge in [0.05, 0.1) is 0 Å². The first-order chi connectivity index (χ1) is 9.04. The maximum absolute atomic E-state index is 12.3. The Bertz CT molecular complexity index is 502. The van der Waals surface area contributed by atoms with Crippen molar-refractivity contribution in [1.29, 1.82) is 0 Å². The van der Waals surface area contributed by atoms with Gasteiger partial charge < -0.3 is 9.52 Å². The van der Waals surface area contributed by atoms with E-state index < -0.39 is 10.0 Å². The van der Waals surface area contributed by atoms with Crippen LogP contribution in [0.25, 0.3) is 0 Å². The zero-order valence-electron chi connectivity index (χ0n) is 11.2. The Labute approximate surface area is 114 Å². The number of hydrogen-bond donors (Lipinski definition) is 1. The highest BCUT2D eigenvalue weighted by Crippen LogP contribution is 2.26. The van der Waals surface area contributed by atoms with Gasteiger partial charge in [-0.3, -0.25) is 0 Å². The van der Waals surface area contributed by atoms with Crippen LogP contribution < -0.4 is 0 Å². The first-order valence-electron chi connectivity index (χ1n) is 6.70. The lowest BCUT2D eigenvalue weighted by Gasteiger charge is -2.25. The van der Waals surface area contributed by atoms with Gasteiger partial charge in [-0.25, -0.2) is 8.42 Å². The van der Waals surface area contributed by atoms with E-state index in [1.807, 2.05) is 0 Å². The van der Waals surface area contributed by atoms with Crippen molar-refractivity contribution >= 4 is 10.0 Å². The third kappa shape index (κ3) is 3.38. The van der Waals surface area contributed by atoms with Crippen LogP contribution >= 0.6 is 0 Å². The molecule has 0 unspecified atom stereocenters. The summed E-state index contributed by atoms with van der Waals surface area (Å²) in [6.45, 7) is 0.249. The lowest BCUT2D eigenvalue weighted by molar-refractivity contribution is 0.234. The van der Waals surface area contributed by atoms with Crippen molar-refractivity contribution in [3.8, 4) is 0 Å². The second kappa shape index (κ2) is 6.07. The van der Waals surface area contributed by atoms with Crippen molar-refractivity contribution in [2.45, 2.75) is 43.8 Å². The number of rotatable bonds is 5. The molecular weight excluding hydrogens is 266 g/mol. The van der Waals surface area contributed by atoms with Gasteiger partial charge in [-0.15, -0.1) is 0 Å². The lowest BCUT2D eigenvalue weighted by atomic mass is 9.89. The van der Waals surface area contributed by atoms with Crippen molar-refractivity contribution in [3.05, 3.63) is 17.9 Å². The number of nitrogens with zero attached hydrogens (tertiary/aromatic N) is 1. The van der Waals surface area contributed by atoms with Gasteiger partial charge in [-0.2, -0.15) is 4.31 Å². The molecule has 1 N–H and O–H groups in total. The number of hydrogen-bond acceptors (Lipinski definition) is 4. The zero-order chi connectivity index (χ0) is 13.9.